The van der Waals surface area contributed by atoms with E-state index in [0.717, 1.165) is 24.3 Å². The van der Waals surface area contributed by atoms with Crippen LogP contribution in [0.15, 0.2) is 78.9 Å². The molecule has 0 amide bonds. The zero-order chi connectivity index (χ0) is 25.7. The Hall–Kier alpha value is -1.74. The van der Waals surface area contributed by atoms with Crippen LogP contribution in [0.4, 0.5) is 0 Å². The predicted molar refractivity (Wildman–Crippen MR) is 158 cm³/mol. The Balaban J connectivity index is 1.87. The van der Waals surface area contributed by atoms with Gasteiger partial charge in [-0.05, 0) is 94.7 Å². The van der Waals surface area contributed by atoms with E-state index < -0.39 is 5.69 Å². The van der Waals surface area contributed by atoms with Gasteiger partial charge in [0.2, 0.25) is 0 Å². The lowest BCUT2D eigenvalue weighted by Gasteiger charge is -2.27. The van der Waals surface area contributed by atoms with Gasteiger partial charge in [0.1, 0.15) is 11.5 Å². The van der Waals surface area contributed by atoms with E-state index in [-0.39, 0.29) is 16.1 Å². The van der Waals surface area contributed by atoms with Crippen molar-refractivity contribution in [3.63, 3.8) is 0 Å². The molecule has 0 aromatic heterocycles. The summed E-state index contributed by atoms with van der Waals surface area (Å²) in [5.74, 6) is 1.50. The fourth-order valence-corrected chi connectivity index (χ4v) is 9.17. The molecule has 0 spiro atoms. The minimum Gasteiger partial charge on any atom is -0.428 e. The first kappa shape index (κ1) is 27.8. The van der Waals surface area contributed by atoms with Crippen LogP contribution in [0.5, 0.6) is 11.5 Å². The second kappa shape index (κ2) is 11.5. The standard InChI is InChI=1S/C30H39O2PS2/c1-8-29(4,5)25-15-19-27(20-16-25)31-33(34,35-23(3)24-13-11-10-12-14-24)32-28-21-17-26(18-22-28)30(6,7)9-2/h10-23H,8-9H2,1-7H3. The molecule has 0 aliphatic carbocycles. The Labute approximate surface area is 221 Å². The molecule has 5 heteroatoms. The highest BCUT2D eigenvalue weighted by molar-refractivity contribution is 8.68. The molecule has 0 aliphatic rings. The Bertz CT molecular complexity index is 1060. The molecule has 0 N–H and O–H groups in total. The van der Waals surface area contributed by atoms with Gasteiger partial charge in [-0.2, -0.15) is 0 Å². The molecule has 0 aliphatic heterocycles. The molecule has 0 saturated heterocycles. The molecular weight excluding hydrogens is 487 g/mol. The summed E-state index contributed by atoms with van der Waals surface area (Å²) in [7, 11) is 0. The van der Waals surface area contributed by atoms with Crippen molar-refractivity contribution in [2.24, 2.45) is 0 Å². The lowest BCUT2D eigenvalue weighted by atomic mass is 9.82. The van der Waals surface area contributed by atoms with E-state index in [1.165, 1.54) is 16.7 Å². The fourth-order valence-electron chi connectivity index (χ4n) is 3.64. The molecule has 1 atom stereocenters. The summed E-state index contributed by atoms with van der Waals surface area (Å²) in [6, 6.07) is 27.1. The van der Waals surface area contributed by atoms with E-state index in [9.17, 15) is 0 Å². The summed E-state index contributed by atoms with van der Waals surface area (Å²) in [6.07, 6.45) is 2.15. The van der Waals surface area contributed by atoms with Crippen molar-refractivity contribution in [2.75, 3.05) is 0 Å². The average Bonchev–Trinajstić information content (AvgIpc) is 2.85. The topological polar surface area (TPSA) is 18.5 Å². The Morgan fingerprint density at radius 1 is 0.714 bits per heavy atom. The quantitative estimate of drug-likeness (QED) is 0.231. The van der Waals surface area contributed by atoms with Crippen molar-refractivity contribution in [1.82, 2.24) is 0 Å². The molecule has 2 nitrogen and oxygen atoms in total. The van der Waals surface area contributed by atoms with E-state index in [2.05, 4.69) is 97.0 Å². The molecular formula is C30H39O2PS2. The van der Waals surface area contributed by atoms with Crippen LogP contribution in [0.3, 0.4) is 0 Å². The zero-order valence-electron chi connectivity index (χ0n) is 22.1. The Morgan fingerprint density at radius 3 is 1.49 bits per heavy atom. The molecule has 0 saturated carbocycles. The van der Waals surface area contributed by atoms with Crippen molar-refractivity contribution in [2.45, 2.75) is 77.4 Å². The molecule has 0 fully saturated rings. The smallest absolute Gasteiger partial charge is 0.349 e. The molecule has 0 bridgehead atoms. The third-order valence-corrected chi connectivity index (χ3v) is 12.1. The third kappa shape index (κ3) is 7.38. The van der Waals surface area contributed by atoms with Crippen LogP contribution in [0.2, 0.25) is 0 Å². The lowest BCUT2D eigenvalue weighted by molar-refractivity contribution is 0.494. The van der Waals surface area contributed by atoms with Crippen molar-refractivity contribution in [1.29, 1.82) is 0 Å². The molecule has 0 heterocycles. The van der Waals surface area contributed by atoms with Crippen molar-refractivity contribution < 1.29 is 9.05 Å². The molecule has 3 rings (SSSR count). The van der Waals surface area contributed by atoms with Crippen LogP contribution in [-0.4, -0.2) is 0 Å². The highest BCUT2D eigenvalue weighted by atomic mass is 32.9. The van der Waals surface area contributed by atoms with E-state index in [1.807, 2.05) is 30.3 Å². The summed E-state index contributed by atoms with van der Waals surface area (Å²) in [5.41, 5.74) is 1.28. The van der Waals surface area contributed by atoms with Crippen molar-refractivity contribution in [3.8, 4) is 11.5 Å². The summed E-state index contributed by atoms with van der Waals surface area (Å²) in [4.78, 5) is 0. The van der Waals surface area contributed by atoms with Crippen LogP contribution in [-0.2, 0) is 22.6 Å². The summed E-state index contributed by atoms with van der Waals surface area (Å²) < 4.78 is 13.0. The average molecular weight is 527 g/mol. The second-order valence-electron chi connectivity index (χ2n) is 10.3. The first-order valence-corrected chi connectivity index (χ1v) is 16.5. The van der Waals surface area contributed by atoms with Crippen LogP contribution in [0.25, 0.3) is 0 Å². The van der Waals surface area contributed by atoms with Crippen LogP contribution < -0.4 is 9.05 Å². The van der Waals surface area contributed by atoms with Crippen LogP contribution in [0, 0.1) is 0 Å². The highest BCUT2D eigenvalue weighted by Crippen LogP contribution is 2.64. The van der Waals surface area contributed by atoms with E-state index in [4.69, 9.17) is 20.9 Å². The first-order chi connectivity index (χ1) is 16.5. The van der Waals surface area contributed by atoms with Crippen LogP contribution >= 0.6 is 17.1 Å². The van der Waals surface area contributed by atoms with Gasteiger partial charge >= 0.3 is 5.69 Å². The molecule has 188 valence electrons. The predicted octanol–water partition coefficient (Wildman–Crippen LogP) is 10.2. The fraction of sp³-hybridized carbons (Fsp3) is 0.400. The number of hydrogen-bond donors (Lipinski definition) is 0. The molecule has 3 aromatic carbocycles. The third-order valence-electron chi connectivity index (χ3n) is 7.03. The number of hydrogen-bond acceptors (Lipinski definition) is 4. The van der Waals surface area contributed by atoms with Gasteiger partial charge in [0.25, 0.3) is 0 Å². The van der Waals surface area contributed by atoms with E-state index in [1.54, 1.807) is 11.4 Å². The lowest BCUT2D eigenvalue weighted by Crippen LogP contribution is -2.15. The maximum atomic E-state index is 6.48. The molecule has 35 heavy (non-hydrogen) atoms. The number of rotatable bonds is 11. The van der Waals surface area contributed by atoms with Crippen LogP contribution in [0.1, 0.15) is 83.2 Å². The normalized spacial score (nSPS) is 13.3. The summed E-state index contributed by atoms with van der Waals surface area (Å²) >= 11 is 7.73. The second-order valence-corrected chi connectivity index (χ2v) is 16.7. The van der Waals surface area contributed by atoms with Crippen molar-refractivity contribution >= 4 is 28.9 Å². The maximum Gasteiger partial charge on any atom is 0.349 e. The zero-order valence-corrected chi connectivity index (χ0v) is 24.6. The molecule has 1 unspecified atom stereocenters. The maximum absolute atomic E-state index is 6.48. The minimum atomic E-state index is -2.76. The first-order valence-electron chi connectivity index (χ1n) is 12.4. The van der Waals surface area contributed by atoms with Gasteiger partial charge < -0.3 is 9.05 Å². The van der Waals surface area contributed by atoms with Gasteiger partial charge in [0.15, 0.2) is 0 Å². The van der Waals surface area contributed by atoms with Gasteiger partial charge in [-0.15, -0.1) is 0 Å². The van der Waals surface area contributed by atoms with E-state index >= 15 is 0 Å². The molecule has 3 aromatic rings. The van der Waals surface area contributed by atoms with Gasteiger partial charge in [-0.1, -0.05) is 96.1 Å². The monoisotopic (exact) mass is 526 g/mol. The van der Waals surface area contributed by atoms with Gasteiger partial charge in [-0.3, -0.25) is 0 Å². The minimum absolute atomic E-state index is 0.125. The van der Waals surface area contributed by atoms with Gasteiger partial charge in [-0.25, -0.2) is 0 Å². The largest absolute Gasteiger partial charge is 0.428 e. The van der Waals surface area contributed by atoms with Gasteiger partial charge in [0, 0.05) is 5.25 Å². The summed E-state index contributed by atoms with van der Waals surface area (Å²) in [5, 5.41) is 0.138. The molecule has 0 radical (unpaired) electrons. The number of benzene rings is 3. The Morgan fingerprint density at radius 2 is 1.11 bits per heavy atom. The highest BCUT2D eigenvalue weighted by Gasteiger charge is 2.29. The SMILES string of the molecule is CCC(C)(C)c1ccc(OP(=S)(Oc2ccc(C(C)(C)CC)cc2)SC(C)c2ccccc2)cc1. The summed E-state index contributed by atoms with van der Waals surface area (Å²) in [6.45, 7) is 15.6. The van der Waals surface area contributed by atoms with Gasteiger partial charge in [0.05, 0.1) is 0 Å². The Kier molecular flexibility index (Phi) is 9.18. The van der Waals surface area contributed by atoms with E-state index in [0.29, 0.717) is 0 Å². The van der Waals surface area contributed by atoms with Crippen molar-refractivity contribution in [3.05, 3.63) is 95.6 Å².